The average molecular weight is 360 g/mol. The van der Waals surface area contributed by atoms with Gasteiger partial charge in [-0.05, 0) is 70.1 Å². The molecule has 0 saturated carbocycles. The van der Waals surface area contributed by atoms with Gasteiger partial charge in [-0.25, -0.2) is 4.68 Å². The van der Waals surface area contributed by atoms with Crippen LogP contribution in [0.1, 0.15) is 44.7 Å². The Morgan fingerprint density at radius 1 is 1.12 bits per heavy atom. The van der Waals surface area contributed by atoms with Gasteiger partial charge in [-0.15, -0.1) is 0 Å². The van der Waals surface area contributed by atoms with Crippen molar-refractivity contribution < 1.29 is 0 Å². The van der Waals surface area contributed by atoms with Crippen LogP contribution in [-0.4, -0.2) is 39.4 Å². The minimum atomic E-state index is 0.342. The van der Waals surface area contributed by atoms with Gasteiger partial charge in [0.2, 0.25) is 0 Å². The number of benzene rings is 1. The molecule has 5 nitrogen and oxygen atoms in total. The molecule has 0 radical (unpaired) electrons. The van der Waals surface area contributed by atoms with Gasteiger partial charge in [0.05, 0.1) is 6.67 Å². The van der Waals surface area contributed by atoms with E-state index in [1.807, 2.05) is 15.6 Å². The lowest BCUT2D eigenvalue weighted by Gasteiger charge is -2.29. The zero-order valence-electron chi connectivity index (χ0n) is 15.6. The van der Waals surface area contributed by atoms with Crippen molar-refractivity contribution in [1.29, 1.82) is 0 Å². The molecule has 2 heterocycles. The minimum absolute atomic E-state index is 0.342. The van der Waals surface area contributed by atoms with E-state index in [0.29, 0.717) is 12.7 Å². The van der Waals surface area contributed by atoms with E-state index < -0.39 is 0 Å². The van der Waals surface area contributed by atoms with Crippen LogP contribution in [0.4, 0.5) is 5.69 Å². The number of hydrogen-bond donors (Lipinski definition) is 0. The van der Waals surface area contributed by atoms with Crippen molar-refractivity contribution in [2.24, 2.45) is 0 Å². The summed E-state index contributed by atoms with van der Waals surface area (Å²) in [7, 11) is 2.11. The highest BCUT2D eigenvalue weighted by Gasteiger charge is 2.11. The van der Waals surface area contributed by atoms with Crippen LogP contribution in [0, 0.1) is 4.77 Å². The van der Waals surface area contributed by atoms with Crippen molar-refractivity contribution in [2.75, 3.05) is 25.0 Å². The van der Waals surface area contributed by atoms with Crippen molar-refractivity contribution in [2.45, 2.75) is 52.4 Å². The molecule has 1 fully saturated rings. The molecule has 25 heavy (non-hydrogen) atoms. The molecule has 6 heteroatoms. The normalized spacial score (nSPS) is 15.3. The molecule has 136 valence electrons. The molecule has 2 aromatic rings. The number of anilines is 1. The summed E-state index contributed by atoms with van der Waals surface area (Å²) >= 11 is 5.51. The van der Waals surface area contributed by atoms with E-state index in [1.54, 1.807) is 0 Å². The highest BCUT2D eigenvalue weighted by molar-refractivity contribution is 7.71. The standard InChI is InChI=1S/C19H29N5S/c1-16(2)23-14-20-24(19(23)25)15-21(3)13-17-7-9-18(10-8-17)22-11-5-4-6-12-22/h7-10,14,16H,4-6,11-13,15H2,1-3H3. The Labute approximate surface area is 155 Å². The fourth-order valence-electron chi connectivity index (χ4n) is 3.36. The smallest absolute Gasteiger partial charge is 0.199 e. The van der Waals surface area contributed by atoms with E-state index in [1.165, 1.54) is 43.6 Å². The van der Waals surface area contributed by atoms with Crippen LogP contribution in [0.15, 0.2) is 30.6 Å². The van der Waals surface area contributed by atoms with E-state index in [2.05, 4.69) is 60.1 Å². The topological polar surface area (TPSA) is 29.2 Å². The molecule has 1 aromatic carbocycles. The summed E-state index contributed by atoms with van der Waals surface area (Å²) < 4.78 is 4.69. The Morgan fingerprint density at radius 2 is 1.80 bits per heavy atom. The summed E-state index contributed by atoms with van der Waals surface area (Å²) in [6.07, 6.45) is 5.82. The van der Waals surface area contributed by atoms with Crippen molar-refractivity contribution in [3.63, 3.8) is 0 Å². The van der Waals surface area contributed by atoms with Crippen LogP contribution in [0.25, 0.3) is 0 Å². The Balaban J connectivity index is 1.59. The van der Waals surface area contributed by atoms with E-state index in [9.17, 15) is 0 Å². The molecule has 0 spiro atoms. The van der Waals surface area contributed by atoms with Gasteiger partial charge in [-0.1, -0.05) is 12.1 Å². The summed E-state index contributed by atoms with van der Waals surface area (Å²) in [5, 5.41) is 4.42. The first-order valence-electron chi connectivity index (χ1n) is 9.21. The van der Waals surface area contributed by atoms with Gasteiger partial charge in [-0.2, -0.15) is 5.10 Å². The Morgan fingerprint density at radius 3 is 2.40 bits per heavy atom. The third-order valence-electron chi connectivity index (χ3n) is 4.80. The molecule has 0 N–H and O–H groups in total. The third-order valence-corrected chi connectivity index (χ3v) is 5.22. The molecule has 3 rings (SSSR count). The number of hydrogen-bond acceptors (Lipinski definition) is 4. The van der Waals surface area contributed by atoms with Crippen molar-refractivity contribution >= 4 is 17.9 Å². The van der Waals surface area contributed by atoms with Gasteiger partial charge >= 0.3 is 0 Å². The quantitative estimate of drug-likeness (QED) is 0.727. The van der Waals surface area contributed by atoms with Crippen LogP contribution in [-0.2, 0) is 13.2 Å². The molecule has 1 saturated heterocycles. The van der Waals surface area contributed by atoms with Crippen LogP contribution in [0.2, 0.25) is 0 Å². The third kappa shape index (κ3) is 4.50. The Hall–Kier alpha value is -1.66. The molecule has 0 aliphatic carbocycles. The van der Waals surface area contributed by atoms with Gasteiger partial charge in [0, 0.05) is 31.4 Å². The van der Waals surface area contributed by atoms with E-state index in [0.717, 1.165) is 11.3 Å². The van der Waals surface area contributed by atoms with Gasteiger partial charge in [0.1, 0.15) is 6.33 Å². The SMILES string of the molecule is CC(C)n1cnn(CN(C)Cc2ccc(N3CCCCC3)cc2)c1=S. The van der Waals surface area contributed by atoms with E-state index in [-0.39, 0.29) is 0 Å². The fraction of sp³-hybridized carbons (Fsp3) is 0.579. The van der Waals surface area contributed by atoms with Crippen molar-refractivity contribution in [3.8, 4) is 0 Å². The lowest BCUT2D eigenvalue weighted by atomic mass is 10.1. The molecule has 1 aliphatic heterocycles. The highest BCUT2D eigenvalue weighted by atomic mass is 32.1. The van der Waals surface area contributed by atoms with Crippen molar-refractivity contribution in [3.05, 3.63) is 40.9 Å². The van der Waals surface area contributed by atoms with E-state index >= 15 is 0 Å². The summed E-state index contributed by atoms with van der Waals surface area (Å²) in [6.45, 7) is 8.21. The van der Waals surface area contributed by atoms with E-state index in [4.69, 9.17) is 12.2 Å². The Kier molecular flexibility index (Phi) is 5.91. The maximum Gasteiger partial charge on any atom is 0.199 e. The largest absolute Gasteiger partial charge is 0.372 e. The average Bonchev–Trinajstić information content (AvgIpc) is 2.97. The lowest BCUT2D eigenvalue weighted by molar-refractivity contribution is 0.243. The van der Waals surface area contributed by atoms with Crippen LogP contribution in [0.3, 0.4) is 0 Å². The molecule has 0 amide bonds. The molecule has 1 aliphatic rings. The summed E-state index contributed by atoms with van der Waals surface area (Å²) in [5.41, 5.74) is 2.67. The second kappa shape index (κ2) is 8.15. The zero-order chi connectivity index (χ0) is 17.8. The predicted molar refractivity (Wildman–Crippen MR) is 105 cm³/mol. The first kappa shape index (κ1) is 18.1. The monoisotopic (exact) mass is 359 g/mol. The van der Waals surface area contributed by atoms with Gasteiger partial charge in [-0.3, -0.25) is 4.90 Å². The number of aromatic nitrogens is 3. The molecular weight excluding hydrogens is 330 g/mol. The second-order valence-electron chi connectivity index (χ2n) is 7.28. The number of piperidine rings is 1. The minimum Gasteiger partial charge on any atom is -0.372 e. The molecular formula is C19H29N5S. The number of nitrogens with zero attached hydrogens (tertiary/aromatic N) is 5. The first-order chi connectivity index (χ1) is 12.0. The summed E-state index contributed by atoms with van der Waals surface area (Å²) in [4.78, 5) is 4.73. The van der Waals surface area contributed by atoms with Crippen LogP contribution < -0.4 is 4.90 Å². The van der Waals surface area contributed by atoms with Crippen LogP contribution in [0.5, 0.6) is 0 Å². The molecule has 0 unspecified atom stereocenters. The van der Waals surface area contributed by atoms with Gasteiger partial charge in [0.25, 0.3) is 0 Å². The summed E-state index contributed by atoms with van der Waals surface area (Å²) in [6, 6.07) is 9.34. The molecule has 0 atom stereocenters. The number of rotatable bonds is 6. The van der Waals surface area contributed by atoms with Crippen LogP contribution >= 0.6 is 12.2 Å². The lowest BCUT2D eigenvalue weighted by Crippen LogP contribution is -2.29. The first-order valence-corrected chi connectivity index (χ1v) is 9.62. The summed E-state index contributed by atoms with van der Waals surface area (Å²) in [5.74, 6) is 0. The Bertz CT molecular complexity index is 725. The molecule has 0 bridgehead atoms. The maximum absolute atomic E-state index is 5.51. The van der Waals surface area contributed by atoms with Gasteiger partial charge < -0.3 is 9.47 Å². The second-order valence-corrected chi connectivity index (χ2v) is 7.65. The zero-order valence-corrected chi connectivity index (χ0v) is 16.4. The predicted octanol–water partition coefficient (Wildman–Crippen LogP) is 4.07. The molecule has 1 aromatic heterocycles. The highest BCUT2D eigenvalue weighted by Crippen LogP contribution is 2.20. The van der Waals surface area contributed by atoms with Crippen molar-refractivity contribution in [1.82, 2.24) is 19.2 Å². The maximum atomic E-state index is 5.51. The van der Waals surface area contributed by atoms with Gasteiger partial charge in [0.15, 0.2) is 4.77 Å². The fourth-order valence-corrected chi connectivity index (χ4v) is 3.72.